The number of carbonyl (C=O) groups excluding carboxylic acids is 1. The summed E-state index contributed by atoms with van der Waals surface area (Å²) in [5.74, 6) is -0.610. The molecule has 2 spiro atoms. The van der Waals surface area contributed by atoms with Gasteiger partial charge in [0.1, 0.15) is 5.82 Å². The first-order chi connectivity index (χ1) is 17.9. The molecule has 3 aliphatic carbocycles. The van der Waals surface area contributed by atoms with Crippen LogP contribution in [0.1, 0.15) is 67.6 Å². The van der Waals surface area contributed by atoms with Crippen molar-refractivity contribution in [2.24, 2.45) is 16.7 Å². The Kier molecular flexibility index (Phi) is 5.14. The molecule has 1 aromatic carbocycles. The third-order valence-electron chi connectivity index (χ3n) is 9.68. The summed E-state index contributed by atoms with van der Waals surface area (Å²) in [6.07, 6.45) is 6.26. The summed E-state index contributed by atoms with van der Waals surface area (Å²) in [6, 6.07) is 7.79. The summed E-state index contributed by atoms with van der Waals surface area (Å²) in [5.41, 5.74) is 1.59. The number of alkyl halides is 2. The molecule has 2 N–H and O–H groups in total. The largest absolute Gasteiger partial charge is 0.323 e. The molecule has 1 aromatic heterocycles. The highest BCUT2D eigenvalue weighted by Gasteiger charge is 2.58. The average molecular weight is 545 g/mol. The van der Waals surface area contributed by atoms with Gasteiger partial charge in [-0.2, -0.15) is 5.10 Å². The van der Waals surface area contributed by atoms with Crippen molar-refractivity contribution in [3.8, 4) is 0 Å². The van der Waals surface area contributed by atoms with Crippen molar-refractivity contribution < 1.29 is 17.8 Å². The van der Waals surface area contributed by atoms with Crippen LogP contribution in [0.4, 0.5) is 13.6 Å². The van der Waals surface area contributed by atoms with Gasteiger partial charge in [0.05, 0.1) is 9.73 Å². The number of hydrogen-bond donors (Lipinski definition) is 2. The van der Waals surface area contributed by atoms with Crippen molar-refractivity contribution in [2.45, 2.75) is 67.6 Å². The molecule has 1 atom stereocenters. The molecule has 204 valence electrons. The molecule has 5 fully saturated rings. The molecule has 0 radical (unpaired) electrons. The summed E-state index contributed by atoms with van der Waals surface area (Å²) < 4.78 is 46.2. The van der Waals surface area contributed by atoms with Crippen LogP contribution < -0.4 is 0 Å². The lowest BCUT2D eigenvalue weighted by molar-refractivity contribution is -0.100. The molecular formula is C27H34F2N6O2S. The third kappa shape index (κ3) is 4.12. The van der Waals surface area contributed by atoms with E-state index in [4.69, 9.17) is 4.78 Å². The molecule has 7 rings (SSSR count). The molecule has 2 aliphatic heterocycles. The lowest BCUT2D eigenvalue weighted by Gasteiger charge is -2.63. The van der Waals surface area contributed by atoms with Crippen LogP contribution in [-0.4, -0.2) is 73.6 Å². The van der Waals surface area contributed by atoms with Gasteiger partial charge < -0.3 is 9.80 Å². The zero-order valence-electron chi connectivity index (χ0n) is 21.6. The van der Waals surface area contributed by atoms with Crippen molar-refractivity contribution in [2.75, 3.05) is 32.4 Å². The highest BCUT2D eigenvalue weighted by Crippen LogP contribution is 2.57. The summed E-state index contributed by atoms with van der Waals surface area (Å²) in [7, 11) is -2.70. The van der Waals surface area contributed by atoms with Crippen LogP contribution in [0.5, 0.6) is 0 Å². The Balaban J connectivity index is 0.841. The summed E-state index contributed by atoms with van der Waals surface area (Å²) in [5, 5.41) is 7.17. The Morgan fingerprint density at radius 3 is 2.29 bits per heavy atom. The summed E-state index contributed by atoms with van der Waals surface area (Å²) >= 11 is 0. The van der Waals surface area contributed by atoms with Gasteiger partial charge in [-0.25, -0.2) is 27.5 Å². The number of halogens is 2. The van der Waals surface area contributed by atoms with Gasteiger partial charge in [0.15, 0.2) is 5.82 Å². The van der Waals surface area contributed by atoms with E-state index in [2.05, 4.69) is 21.2 Å². The van der Waals surface area contributed by atoms with E-state index in [-0.39, 0.29) is 41.5 Å². The van der Waals surface area contributed by atoms with Crippen LogP contribution in [0.15, 0.2) is 29.2 Å². The number of nitrogens with zero attached hydrogens (tertiary/aromatic N) is 4. The van der Waals surface area contributed by atoms with Crippen LogP contribution in [0.2, 0.25) is 0 Å². The fourth-order valence-corrected chi connectivity index (χ4v) is 8.46. The first-order valence-electron chi connectivity index (χ1n) is 13.6. The topological polar surface area (TPSA) is 106 Å². The first kappa shape index (κ1) is 24.5. The Bertz CT molecular complexity index is 1370. The van der Waals surface area contributed by atoms with Gasteiger partial charge >= 0.3 is 6.03 Å². The molecule has 3 heterocycles. The van der Waals surface area contributed by atoms with Crippen molar-refractivity contribution in [1.29, 1.82) is 4.78 Å². The molecule has 0 bridgehead atoms. The second-order valence-corrected chi connectivity index (χ2v) is 15.3. The quantitative estimate of drug-likeness (QED) is 0.574. The van der Waals surface area contributed by atoms with E-state index in [0.717, 1.165) is 69.7 Å². The molecule has 3 saturated carbocycles. The number of aromatic amines is 1. The number of nitrogens with one attached hydrogen (secondary N) is 2. The maximum Gasteiger partial charge on any atom is 0.320 e. The fourth-order valence-electron chi connectivity index (χ4n) is 7.75. The highest BCUT2D eigenvalue weighted by atomic mass is 32.2. The van der Waals surface area contributed by atoms with Gasteiger partial charge in [-0.15, -0.1) is 0 Å². The van der Waals surface area contributed by atoms with Crippen LogP contribution in [0, 0.1) is 21.5 Å². The molecule has 38 heavy (non-hydrogen) atoms. The number of carbonyl (C=O) groups is 1. The van der Waals surface area contributed by atoms with Crippen LogP contribution >= 0.6 is 0 Å². The standard InChI is InChI=1S/C27H34F2N6O2S/c1-38(30,37)21-4-2-3-17(6-21)5-18-7-25(8-18)13-34(14-25)24(36)35-15-26(16-35)9-19(10-26)22-31-23(33-32-22)20-11-27(28,29)12-20/h2-4,6,18-20,30H,5,7-16H2,1H3,(H,31,32,33). The van der Waals surface area contributed by atoms with E-state index in [1.165, 1.54) is 6.26 Å². The van der Waals surface area contributed by atoms with Gasteiger partial charge in [-0.3, -0.25) is 5.10 Å². The van der Waals surface area contributed by atoms with Crippen LogP contribution in [0.3, 0.4) is 0 Å². The van der Waals surface area contributed by atoms with Crippen molar-refractivity contribution >= 4 is 15.8 Å². The molecule has 2 saturated heterocycles. The lowest BCUT2D eigenvalue weighted by atomic mass is 9.56. The Hall–Kier alpha value is -2.56. The predicted molar refractivity (Wildman–Crippen MR) is 137 cm³/mol. The number of rotatable bonds is 5. The van der Waals surface area contributed by atoms with Gasteiger partial charge in [0, 0.05) is 72.8 Å². The fraction of sp³-hybridized carbons (Fsp3) is 0.667. The van der Waals surface area contributed by atoms with E-state index < -0.39 is 15.7 Å². The first-order valence-corrected chi connectivity index (χ1v) is 15.5. The Labute approximate surface area is 221 Å². The minimum atomic E-state index is -2.70. The maximum absolute atomic E-state index is 13.2. The zero-order chi connectivity index (χ0) is 26.5. The Morgan fingerprint density at radius 2 is 1.68 bits per heavy atom. The lowest BCUT2D eigenvalue weighted by Crippen LogP contribution is -2.70. The smallest absolute Gasteiger partial charge is 0.320 e. The molecule has 2 amide bonds. The van der Waals surface area contributed by atoms with Gasteiger partial charge in [-0.1, -0.05) is 12.1 Å². The molecule has 11 heteroatoms. The number of amides is 2. The minimum Gasteiger partial charge on any atom is -0.323 e. The van der Waals surface area contributed by atoms with Gasteiger partial charge in [-0.05, 0) is 55.7 Å². The maximum atomic E-state index is 13.2. The SMILES string of the molecule is CS(=N)(=O)c1cccc(CC2CC3(C2)CN(C(=O)N2CC4(CC(c5nc(C6CC(F)(F)C6)n[nH]5)C4)C2)C3)c1. The van der Waals surface area contributed by atoms with Crippen molar-refractivity contribution in [1.82, 2.24) is 25.0 Å². The number of benzene rings is 1. The second-order valence-electron chi connectivity index (χ2n) is 13.1. The number of H-pyrrole nitrogens is 1. The normalized spacial score (nSPS) is 27.1. The van der Waals surface area contributed by atoms with E-state index in [1.54, 1.807) is 6.07 Å². The van der Waals surface area contributed by atoms with Crippen LogP contribution in [0.25, 0.3) is 0 Å². The predicted octanol–water partition coefficient (Wildman–Crippen LogP) is 4.61. The summed E-state index contributed by atoms with van der Waals surface area (Å²) in [6.45, 7) is 3.25. The molecule has 8 nitrogen and oxygen atoms in total. The third-order valence-corrected chi connectivity index (χ3v) is 10.8. The van der Waals surface area contributed by atoms with Gasteiger partial charge in [0.25, 0.3) is 0 Å². The number of aromatic nitrogens is 3. The highest BCUT2D eigenvalue weighted by molar-refractivity contribution is 7.91. The monoisotopic (exact) mass is 544 g/mol. The minimum absolute atomic E-state index is 0.155. The number of hydrogen-bond acceptors (Lipinski definition) is 5. The second kappa shape index (κ2) is 7.99. The van der Waals surface area contributed by atoms with E-state index >= 15 is 0 Å². The molecule has 1 unspecified atom stereocenters. The average Bonchev–Trinajstić information content (AvgIpc) is 3.19. The van der Waals surface area contributed by atoms with Crippen molar-refractivity contribution in [3.63, 3.8) is 0 Å². The molecule has 2 aromatic rings. The van der Waals surface area contributed by atoms with Crippen molar-refractivity contribution in [3.05, 3.63) is 41.5 Å². The zero-order valence-corrected chi connectivity index (χ0v) is 22.4. The number of likely N-dealkylation sites (tertiary alicyclic amines) is 2. The molecular weight excluding hydrogens is 510 g/mol. The number of urea groups is 1. The Morgan fingerprint density at radius 1 is 1.05 bits per heavy atom. The molecule has 5 aliphatic rings. The van der Waals surface area contributed by atoms with E-state index in [1.807, 2.05) is 21.9 Å². The van der Waals surface area contributed by atoms with E-state index in [0.29, 0.717) is 16.6 Å². The van der Waals surface area contributed by atoms with Gasteiger partial charge in [0.2, 0.25) is 5.92 Å². The summed E-state index contributed by atoms with van der Waals surface area (Å²) in [4.78, 5) is 22.1. The van der Waals surface area contributed by atoms with Crippen LogP contribution in [-0.2, 0) is 16.1 Å². The van der Waals surface area contributed by atoms with E-state index in [9.17, 15) is 17.8 Å².